The second-order valence-electron chi connectivity index (χ2n) is 5.47. The van der Waals surface area contributed by atoms with Crippen molar-refractivity contribution in [1.82, 2.24) is 19.9 Å². The van der Waals surface area contributed by atoms with Crippen LogP contribution >= 0.6 is 0 Å². The van der Waals surface area contributed by atoms with Gasteiger partial charge in [-0.2, -0.15) is 5.26 Å². The second-order valence-corrected chi connectivity index (χ2v) is 5.47. The number of hydrogen-bond acceptors (Lipinski definition) is 5. The van der Waals surface area contributed by atoms with Crippen LogP contribution in [0.15, 0.2) is 18.5 Å². The Hall–Kier alpha value is -2.62. The molecule has 2 aromatic rings. The van der Waals surface area contributed by atoms with Gasteiger partial charge in [0.15, 0.2) is 0 Å². The molecule has 1 aliphatic rings. The van der Waals surface area contributed by atoms with Gasteiger partial charge in [0, 0.05) is 30.4 Å². The molecule has 7 nitrogen and oxygen atoms in total. The molecule has 3 rings (SSSR count). The van der Waals surface area contributed by atoms with Crippen molar-refractivity contribution in [3.63, 3.8) is 0 Å². The topological polar surface area (TPSA) is 88.9 Å². The fourth-order valence-electron chi connectivity index (χ4n) is 2.68. The zero-order chi connectivity index (χ0) is 21.6. The van der Waals surface area contributed by atoms with Crippen LogP contribution in [-0.4, -0.2) is 51.8 Å². The normalized spacial score (nSPS) is 28.7. The van der Waals surface area contributed by atoms with Crippen LogP contribution < -0.4 is 4.90 Å². The smallest absolute Gasteiger partial charge is 0.236 e. The first-order valence-electron chi connectivity index (χ1n) is 10.3. The first-order chi connectivity index (χ1) is 13.5. The Balaban J connectivity index is 2.18. The molecule has 1 saturated heterocycles. The summed E-state index contributed by atoms with van der Waals surface area (Å²) in [4.78, 5) is 24.9. The van der Waals surface area contributed by atoms with Gasteiger partial charge in [0.2, 0.25) is 5.91 Å². The van der Waals surface area contributed by atoms with Crippen LogP contribution in [0.3, 0.4) is 0 Å². The number of carbonyl (C=O) groups is 1. The van der Waals surface area contributed by atoms with E-state index in [0.29, 0.717) is 13.0 Å². The quantitative estimate of drug-likeness (QED) is 0.927. The molecule has 7 heteroatoms. The fourth-order valence-corrected chi connectivity index (χ4v) is 2.68. The summed E-state index contributed by atoms with van der Waals surface area (Å²) in [5.41, 5.74) is 0.128. The van der Waals surface area contributed by atoms with Gasteiger partial charge in [-0.1, -0.05) is 6.92 Å². The minimum atomic E-state index is -2.84. The largest absolute Gasteiger partial charge is 0.354 e. The number of fused-ring (bicyclic) bond motifs is 1. The first-order valence-corrected chi connectivity index (χ1v) is 7.26. The summed E-state index contributed by atoms with van der Waals surface area (Å²) in [7, 11) is 0. The fraction of sp³-hybridized carbons (Fsp3) is 0.500. The van der Waals surface area contributed by atoms with Crippen molar-refractivity contribution in [2.45, 2.75) is 25.8 Å². The Bertz CT molecular complexity index is 985. The van der Waals surface area contributed by atoms with E-state index in [-0.39, 0.29) is 35.9 Å². The highest BCUT2D eigenvalue weighted by Crippen LogP contribution is 2.28. The maximum atomic E-state index is 12.3. The first kappa shape index (κ1) is 9.50. The summed E-state index contributed by atoms with van der Waals surface area (Å²) in [6.07, 6.45) is 0.856. The van der Waals surface area contributed by atoms with Gasteiger partial charge in [-0.3, -0.25) is 4.79 Å². The van der Waals surface area contributed by atoms with E-state index in [1.807, 2.05) is 0 Å². The Kier molecular flexibility index (Phi) is 2.58. The number of hydrogen-bond donors (Lipinski definition) is 1. The summed E-state index contributed by atoms with van der Waals surface area (Å²) in [6.45, 7) is -1.05. The van der Waals surface area contributed by atoms with Crippen LogP contribution in [0.1, 0.15) is 28.0 Å². The van der Waals surface area contributed by atoms with Gasteiger partial charge in [-0.15, -0.1) is 0 Å². The van der Waals surface area contributed by atoms with Gasteiger partial charge in [0.1, 0.15) is 25.6 Å². The maximum absolute atomic E-state index is 12.3. The van der Waals surface area contributed by atoms with E-state index in [1.54, 1.807) is 13.0 Å². The molecule has 0 unspecified atom stereocenters. The minimum Gasteiger partial charge on any atom is -0.354 e. The summed E-state index contributed by atoms with van der Waals surface area (Å²) in [5.74, 6) is -1.16. The molecule has 0 saturated carbocycles. The monoisotopic (exact) mass is 318 g/mol. The number of nitriles is 1. The van der Waals surface area contributed by atoms with Crippen LogP contribution in [0.2, 0.25) is 0 Å². The van der Waals surface area contributed by atoms with Gasteiger partial charge in [0.05, 0.1) is 20.2 Å². The average Bonchev–Trinajstić information content (AvgIpc) is 2.97. The lowest BCUT2D eigenvalue weighted by Gasteiger charge is -2.42. The molecule has 1 amide bonds. The van der Waals surface area contributed by atoms with Crippen LogP contribution in [0, 0.1) is 17.2 Å². The number of piperidine rings is 1. The lowest BCUT2D eigenvalue weighted by Crippen LogP contribution is -2.52. The molecular weight excluding hydrogens is 292 g/mol. The molecule has 1 aliphatic heterocycles. The highest BCUT2D eigenvalue weighted by atomic mass is 16.2. The predicted octanol–water partition coefficient (Wildman–Crippen LogP) is 1.54. The summed E-state index contributed by atoms with van der Waals surface area (Å²) >= 11 is 0. The Morgan fingerprint density at radius 2 is 2.61 bits per heavy atom. The number of carbonyl (C=O) groups excluding carboxylic acids is 1. The number of likely N-dealkylation sites (tertiary alicyclic amines) is 1. The molecule has 1 N–H and O–H groups in total. The molecule has 0 radical (unpaired) electrons. The average molecular weight is 318 g/mol. The Morgan fingerprint density at radius 3 is 3.39 bits per heavy atom. The van der Waals surface area contributed by atoms with Gasteiger partial charge < -0.3 is 14.8 Å². The lowest BCUT2D eigenvalue weighted by atomic mass is 9.92. The van der Waals surface area contributed by atoms with Crippen LogP contribution in [0.5, 0.6) is 0 Å². The van der Waals surface area contributed by atoms with Crippen molar-refractivity contribution in [2.24, 2.45) is 5.92 Å². The van der Waals surface area contributed by atoms with Crippen molar-refractivity contribution >= 4 is 22.8 Å². The highest BCUT2D eigenvalue weighted by Gasteiger charge is 2.32. The number of rotatable bonds is 3. The second kappa shape index (κ2) is 6.24. The Labute approximate surface area is 143 Å². The molecule has 0 aromatic carbocycles. The number of likely N-dealkylation sites (N-methyl/N-ethyl adjacent to an activating group) is 1. The molecule has 0 aliphatic carbocycles. The van der Waals surface area contributed by atoms with Gasteiger partial charge >= 0.3 is 0 Å². The van der Waals surface area contributed by atoms with Gasteiger partial charge in [0.25, 0.3) is 0 Å². The van der Waals surface area contributed by atoms with Crippen molar-refractivity contribution < 1.29 is 13.0 Å². The van der Waals surface area contributed by atoms with E-state index in [9.17, 15) is 4.79 Å². The number of aromatic nitrogens is 3. The number of nitrogens with zero attached hydrogens (tertiary/aromatic N) is 5. The standard InChI is InChI=1S/C16H20N6O/c1-11-5-8-22(14(23)3-6-17)9-13(11)21(2)16-12-4-7-18-15(12)19-10-20-16/h4,7,10-11,13H,3,5,8-9H2,1-2H3,(H,18,19,20)/t11-,13+/m1/s1/i2D3,4D,10D,13D. The van der Waals surface area contributed by atoms with E-state index in [4.69, 9.17) is 13.5 Å². The third kappa shape index (κ3) is 2.84. The van der Waals surface area contributed by atoms with Crippen LogP contribution in [0.25, 0.3) is 11.0 Å². The minimum absolute atomic E-state index is 0.0614. The van der Waals surface area contributed by atoms with E-state index in [0.717, 1.165) is 4.90 Å². The number of H-pyrrole nitrogens is 1. The van der Waals surface area contributed by atoms with E-state index >= 15 is 0 Å². The zero-order valence-electron chi connectivity index (χ0n) is 18.6. The van der Waals surface area contributed by atoms with Crippen molar-refractivity contribution in [1.29, 1.82) is 5.26 Å². The van der Waals surface area contributed by atoms with E-state index in [1.165, 1.54) is 11.1 Å². The molecule has 1 fully saturated rings. The molecule has 2 atom stereocenters. The molecule has 23 heavy (non-hydrogen) atoms. The summed E-state index contributed by atoms with van der Waals surface area (Å²) in [5, 5.41) is 8.91. The number of aromatic amines is 1. The number of nitrogens with one attached hydrogen (secondary N) is 1. The molecule has 2 aromatic heterocycles. The third-order valence-electron chi connectivity index (χ3n) is 4.04. The highest BCUT2D eigenvalue weighted by molar-refractivity contribution is 5.87. The Morgan fingerprint density at radius 1 is 1.74 bits per heavy atom. The number of anilines is 1. The molecule has 0 spiro atoms. The van der Waals surface area contributed by atoms with E-state index < -0.39 is 31.1 Å². The van der Waals surface area contributed by atoms with Crippen molar-refractivity contribution in [2.75, 3.05) is 25.0 Å². The van der Waals surface area contributed by atoms with Crippen LogP contribution in [-0.2, 0) is 4.79 Å². The van der Waals surface area contributed by atoms with Gasteiger partial charge in [-0.25, -0.2) is 9.97 Å². The lowest BCUT2D eigenvalue weighted by molar-refractivity contribution is -0.131. The summed E-state index contributed by atoms with van der Waals surface area (Å²) < 4.78 is 49.3. The SMILES string of the molecule is [2H]c1nc(N(C([2H])([2H])[2H])[C@@]2([2H])CN(C(=O)CC#N)CC[C@H]2C)c2c([2H])c[nH]c2n1. The molecule has 120 valence electrons. The van der Waals surface area contributed by atoms with E-state index in [2.05, 4.69) is 15.0 Å². The zero-order valence-corrected chi connectivity index (χ0v) is 12.6. The molecule has 0 bridgehead atoms. The maximum Gasteiger partial charge on any atom is 0.236 e. The number of amides is 1. The molecule has 3 heterocycles. The van der Waals surface area contributed by atoms with Crippen molar-refractivity contribution in [3.05, 3.63) is 18.5 Å². The van der Waals surface area contributed by atoms with Crippen molar-refractivity contribution in [3.8, 4) is 6.07 Å². The van der Waals surface area contributed by atoms with Crippen LogP contribution in [0.4, 0.5) is 5.82 Å². The molecular formula is C16H20N6O. The third-order valence-corrected chi connectivity index (χ3v) is 4.04. The van der Waals surface area contributed by atoms with Gasteiger partial charge in [-0.05, 0) is 18.4 Å². The summed E-state index contributed by atoms with van der Waals surface area (Å²) in [6, 6.07) is -0.0962. The predicted molar refractivity (Wildman–Crippen MR) is 86.7 cm³/mol.